The summed E-state index contributed by atoms with van der Waals surface area (Å²) < 4.78 is 31.0. The van der Waals surface area contributed by atoms with Gasteiger partial charge in [0, 0.05) is 5.02 Å². The molecule has 0 N–H and O–H groups in total. The zero-order chi connectivity index (χ0) is 12.5. The van der Waals surface area contributed by atoms with Crippen LogP contribution in [0.2, 0.25) is 5.02 Å². The number of fused-ring (bicyclic) bond motifs is 1. The van der Waals surface area contributed by atoms with Crippen LogP contribution in [0.1, 0.15) is 13.3 Å². The van der Waals surface area contributed by atoms with Crippen LogP contribution in [0.5, 0.6) is 5.75 Å². The van der Waals surface area contributed by atoms with Crippen LogP contribution >= 0.6 is 11.6 Å². The number of sulfonamides is 1. The summed E-state index contributed by atoms with van der Waals surface area (Å²) in [5.74, 6) is 0.708. The highest BCUT2D eigenvalue weighted by molar-refractivity contribution is 7.92. The fourth-order valence-corrected chi connectivity index (χ4v) is 3.52. The molecule has 4 nitrogen and oxygen atoms in total. The second-order valence-electron chi connectivity index (χ2n) is 3.85. The van der Waals surface area contributed by atoms with Gasteiger partial charge in [0.1, 0.15) is 12.4 Å². The summed E-state index contributed by atoms with van der Waals surface area (Å²) in [7, 11) is -3.27. The van der Waals surface area contributed by atoms with Gasteiger partial charge in [-0.3, -0.25) is 4.31 Å². The lowest BCUT2D eigenvalue weighted by Crippen LogP contribution is -2.39. The highest BCUT2D eigenvalue weighted by atomic mass is 35.5. The van der Waals surface area contributed by atoms with E-state index in [1.54, 1.807) is 18.2 Å². The molecule has 0 saturated heterocycles. The minimum atomic E-state index is -3.27. The Kier molecular flexibility index (Phi) is 3.49. The molecule has 1 aliphatic rings. The van der Waals surface area contributed by atoms with Crippen molar-refractivity contribution in [2.45, 2.75) is 13.3 Å². The van der Waals surface area contributed by atoms with Crippen molar-refractivity contribution in [3.8, 4) is 5.75 Å². The highest BCUT2D eigenvalue weighted by Gasteiger charge is 2.27. The van der Waals surface area contributed by atoms with Crippen LogP contribution in [-0.4, -0.2) is 27.3 Å². The Labute approximate surface area is 106 Å². The Morgan fingerprint density at radius 2 is 2.24 bits per heavy atom. The normalized spacial score (nSPS) is 15.3. The average Bonchev–Trinajstić information content (AvgIpc) is 2.28. The molecule has 0 aliphatic carbocycles. The first-order valence-corrected chi connectivity index (χ1v) is 7.46. The molecule has 2 rings (SSSR count). The molecule has 17 heavy (non-hydrogen) atoms. The summed E-state index contributed by atoms with van der Waals surface area (Å²) in [6.45, 7) is 2.56. The summed E-state index contributed by atoms with van der Waals surface area (Å²) in [5.41, 5.74) is 0.539. The summed E-state index contributed by atoms with van der Waals surface area (Å²) in [4.78, 5) is 0. The van der Waals surface area contributed by atoms with Crippen molar-refractivity contribution in [3.63, 3.8) is 0 Å². The van der Waals surface area contributed by atoms with Crippen LogP contribution < -0.4 is 9.04 Å². The fourth-order valence-electron chi connectivity index (χ4n) is 1.82. The Morgan fingerprint density at radius 3 is 2.94 bits per heavy atom. The van der Waals surface area contributed by atoms with Gasteiger partial charge in [-0.25, -0.2) is 8.42 Å². The zero-order valence-electron chi connectivity index (χ0n) is 9.52. The molecule has 0 fully saturated rings. The molecule has 6 heteroatoms. The molecule has 1 aromatic rings. The van der Waals surface area contributed by atoms with Gasteiger partial charge < -0.3 is 4.74 Å². The van der Waals surface area contributed by atoms with Crippen LogP contribution in [0.25, 0.3) is 0 Å². The van der Waals surface area contributed by atoms with E-state index in [0.717, 1.165) is 0 Å². The number of hydrogen-bond donors (Lipinski definition) is 0. The minimum absolute atomic E-state index is 0.138. The van der Waals surface area contributed by atoms with Crippen LogP contribution in [0.15, 0.2) is 18.2 Å². The first kappa shape index (κ1) is 12.5. The van der Waals surface area contributed by atoms with E-state index in [1.807, 2.05) is 6.92 Å². The zero-order valence-corrected chi connectivity index (χ0v) is 11.1. The van der Waals surface area contributed by atoms with E-state index in [9.17, 15) is 8.42 Å². The van der Waals surface area contributed by atoms with E-state index < -0.39 is 10.0 Å². The van der Waals surface area contributed by atoms with Gasteiger partial charge in [0.2, 0.25) is 10.0 Å². The third-order valence-electron chi connectivity index (χ3n) is 2.54. The SMILES string of the molecule is CCCS(=O)(=O)N1CCOc2ccc(Cl)cc21. The van der Waals surface area contributed by atoms with Crippen molar-refractivity contribution >= 4 is 27.3 Å². The Morgan fingerprint density at radius 1 is 1.47 bits per heavy atom. The highest BCUT2D eigenvalue weighted by Crippen LogP contribution is 2.35. The number of benzene rings is 1. The van der Waals surface area contributed by atoms with Crippen LogP contribution in [-0.2, 0) is 10.0 Å². The molecule has 1 aromatic carbocycles. The Hall–Kier alpha value is -0.940. The van der Waals surface area contributed by atoms with Crippen molar-refractivity contribution in [3.05, 3.63) is 23.2 Å². The predicted molar refractivity (Wildman–Crippen MR) is 68.4 cm³/mol. The monoisotopic (exact) mass is 275 g/mol. The van der Waals surface area contributed by atoms with E-state index in [2.05, 4.69) is 0 Å². The van der Waals surface area contributed by atoms with Crippen molar-refractivity contribution in [2.75, 3.05) is 23.2 Å². The molecule has 1 heterocycles. The number of anilines is 1. The molecular weight excluding hydrogens is 262 g/mol. The van der Waals surface area contributed by atoms with Crippen LogP contribution in [0.4, 0.5) is 5.69 Å². The smallest absolute Gasteiger partial charge is 0.235 e. The number of nitrogens with zero attached hydrogens (tertiary/aromatic N) is 1. The van der Waals surface area contributed by atoms with E-state index in [-0.39, 0.29) is 5.75 Å². The van der Waals surface area contributed by atoms with E-state index >= 15 is 0 Å². The molecule has 0 saturated carbocycles. The third-order valence-corrected chi connectivity index (χ3v) is 4.75. The Balaban J connectivity index is 2.44. The molecule has 0 radical (unpaired) electrons. The van der Waals surface area contributed by atoms with E-state index in [1.165, 1.54) is 4.31 Å². The lowest BCUT2D eigenvalue weighted by Gasteiger charge is -2.30. The second kappa shape index (κ2) is 4.74. The number of rotatable bonds is 3. The second-order valence-corrected chi connectivity index (χ2v) is 6.30. The van der Waals surface area contributed by atoms with Gasteiger partial charge in [0.25, 0.3) is 0 Å². The maximum atomic E-state index is 12.1. The van der Waals surface area contributed by atoms with Crippen LogP contribution in [0.3, 0.4) is 0 Å². The molecule has 94 valence electrons. The molecule has 0 amide bonds. The lowest BCUT2D eigenvalue weighted by atomic mass is 10.2. The van der Waals surface area contributed by atoms with Crippen molar-refractivity contribution in [2.24, 2.45) is 0 Å². The lowest BCUT2D eigenvalue weighted by molar-refractivity contribution is 0.316. The molecule has 0 spiro atoms. The van der Waals surface area contributed by atoms with Gasteiger partial charge in [-0.15, -0.1) is 0 Å². The van der Waals surface area contributed by atoms with Crippen LogP contribution in [0, 0.1) is 0 Å². The maximum Gasteiger partial charge on any atom is 0.235 e. The minimum Gasteiger partial charge on any atom is -0.489 e. The first-order chi connectivity index (χ1) is 8.04. The van der Waals surface area contributed by atoms with Gasteiger partial charge in [-0.05, 0) is 24.6 Å². The quantitative estimate of drug-likeness (QED) is 0.850. The van der Waals surface area contributed by atoms with Gasteiger partial charge in [0.15, 0.2) is 0 Å². The summed E-state index contributed by atoms with van der Waals surface area (Å²) in [6, 6.07) is 5.02. The van der Waals surface area contributed by atoms with E-state index in [4.69, 9.17) is 16.3 Å². The van der Waals surface area contributed by atoms with Crippen molar-refractivity contribution < 1.29 is 13.2 Å². The maximum absolute atomic E-state index is 12.1. The third kappa shape index (κ3) is 2.50. The first-order valence-electron chi connectivity index (χ1n) is 5.47. The topological polar surface area (TPSA) is 46.6 Å². The van der Waals surface area contributed by atoms with Gasteiger partial charge in [0.05, 0.1) is 18.0 Å². The molecular formula is C11H14ClNO3S. The van der Waals surface area contributed by atoms with E-state index in [0.29, 0.717) is 36.0 Å². The molecule has 0 atom stereocenters. The number of ether oxygens (including phenoxy) is 1. The van der Waals surface area contributed by atoms with Crippen molar-refractivity contribution in [1.82, 2.24) is 0 Å². The number of halogens is 1. The van der Waals surface area contributed by atoms with Gasteiger partial charge in [-0.1, -0.05) is 18.5 Å². The Bertz CT molecular complexity index is 515. The van der Waals surface area contributed by atoms with Gasteiger partial charge in [-0.2, -0.15) is 0 Å². The standard InChI is InChI=1S/C11H14ClNO3S/c1-2-7-17(14,15)13-5-6-16-11-4-3-9(12)8-10(11)13/h3-4,8H,2,5-7H2,1H3. The molecule has 1 aliphatic heterocycles. The summed E-state index contributed by atoms with van der Waals surface area (Å²) in [5, 5.41) is 0.506. The van der Waals surface area contributed by atoms with Crippen molar-refractivity contribution in [1.29, 1.82) is 0 Å². The fraction of sp³-hybridized carbons (Fsp3) is 0.455. The summed E-state index contributed by atoms with van der Waals surface area (Å²) >= 11 is 5.89. The largest absolute Gasteiger partial charge is 0.489 e. The summed E-state index contributed by atoms with van der Waals surface area (Å²) in [6.07, 6.45) is 0.593. The average molecular weight is 276 g/mol. The molecule has 0 bridgehead atoms. The molecule has 0 aromatic heterocycles. The molecule has 0 unspecified atom stereocenters. The predicted octanol–water partition coefficient (Wildman–Crippen LogP) is 2.28. The number of hydrogen-bond acceptors (Lipinski definition) is 3. The van der Waals surface area contributed by atoms with Gasteiger partial charge >= 0.3 is 0 Å².